The zero-order chi connectivity index (χ0) is 22.6. The van der Waals surface area contributed by atoms with Gasteiger partial charge in [0, 0.05) is 63.6 Å². The summed E-state index contributed by atoms with van der Waals surface area (Å²) in [5.41, 5.74) is 10.6. The van der Waals surface area contributed by atoms with Crippen molar-refractivity contribution in [2.45, 2.75) is 19.9 Å². The second kappa shape index (κ2) is 7.91. The Labute approximate surface area is 201 Å². The van der Waals surface area contributed by atoms with Crippen LogP contribution in [-0.2, 0) is 17.7 Å². The Morgan fingerprint density at radius 3 is 2.65 bits per heavy atom. The quantitative estimate of drug-likeness (QED) is 0.365. The fourth-order valence-electron chi connectivity index (χ4n) is 5.16. The first kappa shape index (κ1) is 20.1. The number of morpholine rings is 1. The number of aromatic nitrogens is 4. The minimum absolute atomic E-state index is 0.841. The van der Waals surface area contributed by atoms with E-state index in [-0.39, 0.29) is 0 Å². The summed E-state index contributed by atoms with van der Waals surface area (Å²) in [5.74, 6) is 0. The van der Waals surface area contributed by atoms with E-state index >= 15 is 0 Å². The van der Waals surface area contributed by atoms with Gasteiger partial charge in [0.2, 0.25) is 0 Å². The van der Waals surface area contributed by atoms with Crippen LogP contribution in [0, 0.1) is 6.92 Å². The summed E-state index contributed by atoms with van der Waals surface area (Å²) in [5, 5.41) is 16.7. The second-order valence-corrected chi connectivity index (χ2v) is 10.4. The average Bonchev–Trinajstić information content (AvgIpc) is 3.62. The third-order valence-corrected chi connectivity index (χ3v) is 8.23. The monoisotopic (exact) mass is 467 g/mol. The lowest BCUT2D eigenvalue weighted by Gasteiger charge is -2.26. The molecular formula is C27H25N5OS. The Morgan fingerprint density at radius 1 is 0.971 bits per heavy atom. The molecule has 1 fully saturated rings. The number of aryl methyl sites for hydroxylation is 1. The Bertz CT molecular complexity index is 1500. The molecule has 34 heavy (non-hydrogen) atoms. The summed E-state index contributed by atoms with van der Waals surface area (Å²) in [6, 6.07) is 17.8. The normalized spacial score (nSPS) is 15.7. The number of thiophene rings is 1. The van der Waals surface area contributed by atoms with Crippen LogP contribution in [0.25, 0.3) is 43.9 Å². The molecule has 0 unspecified atom stereocenters. The molecule has 0 spiro atoms. The second-order valence-electron chi connectivity index (χ2n) is 9.22. The van der Waals surface area contributed by atoms with E-state index in [0.29, 0.717) is 0 Å². The van der Waals surface area contributed by atoms with E-state index in [1.807, 2.05) is 11.3 Å². The molecule has 0 saturated carbocycles. The zero-order valence-electron chi connectivity index (χ0n) is 19.0. The lowest BCUT2D eigenvalue weighted by atomic mass is 10.0. The van der Waals surface area contributed by atoms with Gasteiger partial charge in [0.05, 0.1) is 30.1 Å². The maximum atomic E-state index is 5.46. The van der Waals surface area contributed by atoms with Gasteiger partial charge in [-0.25, -0.2) is 0 Å². The van der Waals surface area contributed by atoms with Crippen LogP contribution < -0.4 is 0 Å². The van der Waals surface area contributed by atoms with Crippen molar-refractivity contribution in [2.24, 2.45) is 0 Å². The number of rotatable bonds is 4. The predicted molar refractivity (Wildman–Crippen MR) is 136 cm³/mol. The van der Waals surface area contributed by atoms with Crippen LogP contribution in [0.4, 0.5) is 0 Å². The van der Waals surface area contributed by atoms with E-state index in [1.54, 1.807) is 0 Å². The summed E-state index contributed by atoms with van der Waals surface area (Å²) in [6.45, 7) is 6.76. The van der Waals surface area contributed by atoms with Crippen molar-refractivity contribution in [3.8, 4) is 33.0 Å². The number of nitrogens with zero attached hydrogens (tertiary/aromatic N) is 3. The Balaban J connectivity index is 1.15. The summed E-state index contributed by atoms with van der Waals surface area (Å²) in [7, 11) is 0. The van der Waals surface area contributed by atoms with Gasteiger partial charge >= 0.3 is 0 Å². The van der Waals surface area contributed by atoms with Crippen LogP contribution in [0.15, 0.2) is 48.5 Å². The van der Waals surface area contributed by atoms with Gasteiger partial charge in [-0.15, -0.1) is 11.3 Å². The van der Waals surface area contributed by atoms with Gasteiger partial charge in [0.1, 0.15) is 0 Å². The van der Waals surface area contributed by atoms with Crippen molar-refractivity contribution in [3.05, 3.63) is 70.2 Å². The maximum Gasteiger partial charge on any atom is 0.0963 e. The van der Waals surface area contributed by atoms with Gasteiger partial charge in [0.15, 0.2) is 0 Å². The standard InChI is InChI=1S/C27H25N5OS/c1-16-20-7-6-19(12-23(20)29-28-16)26-22-14-25-21(27(22)31-30-26)13-24(34-25)18-4-2-17(3-5-18)15-32-8-10-33-11-9-32/h2-7,12-13H,8-11,14-15H2,1H3,(H,28,29)(H,30,31). The fraction of sp³-hybridized carbons (Fsp3) is 0.259. The third-order valence-electron chi connectivity index (χ3n) is 7.05. The molecule has 6 nitrogen and oxygen atoms in total. The van der Waals surface area contributed by atoms with Gasteiger partial charge in [0.25, 0.3) is 0 Å². The number of hydrogen-bond acceptors (Lipinski definition) is 5. The molecule has 170 valence electrons. The van der Waals surface area contributed by atoms with Gasteiger partial charge in [-0.3, -0.25) is 15.1 Å². The Kier molecular flexibility index (Phi) is 4.68. The number of nitrogens with one attached hydrogen (secondary N) is 2. The third kappa shape index (κ3) is 3.31. The highest BCUT2D eigenvalue weighted by atomic mass is 32.1. The molecule has 1 aliphatic carbocycles. The van der Waals surface area contributed by atoms with Crippen LogP contribution in [0.1, 0.15) is 21.7 Å². The Morgan fingerprint density at radius 2 is 1.79 bits per heavy atom. The summed E-state index contributed by atoms with van der Waals surface area (Å²) < 4.78 is 5.46. The van der Waals surface area contributed by atoms with Crippen molar-refractivity contribution in [1.29, 1.82) is 0 Å². The largest absolute Gasteiger partial charge is 0.379 e. The highest BCUT2D eigenvalue weighted by molar-refractivity contribution is 7.16. The van der Waals surface area contributed by atoms with Crippen molar-refractivity contribution in [1.82, 2.24) is 25.3 Å². The van der Waals surface area contributed by atoms with Crippen molar-refractivity contribution >= 4 is 22.2 Å². The van der Waals surface area contributed by atoms with Crippen LogP contribution in [0.5, 0.6) is 0 Å². The zero-order valence-corrected chi connectivity index (χ0v) is 19.8. The minimum Gasteiger partial charge on any atom is -0.379 e. The van der Waals surface area contributed by atoms with E-state index in [1.165, 1.54) is 32.0 Å². The molecule has 3 aromatic heterocycles. The molecule has 0 bridgehead atoms. The van der Waals surface area contributed by atoms with E-state index in [2.05, 4.69) is 75.7 Å². The smallest absolute Gasteiger partial charge is 0.0963 e. The number of ether oxygens (including phenoxy) is 1. The number of aromatic amines is 2. The van der Waals surface area contributed by atoms with Crippen LogP contribution in [0.3, 0.4) is 0 Å². The first-order chi connectivity index (χ1) is 16.7. The lowest BCUT2D eigenvalue weighted by Crippen LogP contribution is -2.35. The topological polar surface area (TPSA) is 69.8 Å². The van der Waals surface area contributed by atoms with Gasteiger partial charge in [-0.2, -0.15) is 10.2 Å². The number of fused-ring (bicyclic) bond motifs is 4. The minimum atomic E-state index is 0.841. The SMILES string of the molecule is Cc1[nH]nc2cc(-c3n[nH]c4c3Cc3sc(-c5ccc(CN6CCOCC6)cc5)cc3-4)ccc12. The molecular weight excluding hydrogens is 442 g/mol. The summed E-state index contributed by atoms with van der Waals surface area (Å²) >= 11 is 1.90. The highest BCUT2D eigenvalue weighted by Crippen LogP contribution is 2.46. The molecule has 7 heteroatoms. The number of hydrogen-bond donors (Lipinski definition) is 2. The molecule has 7 rings (SSSR count). The van der Waals surface area contributed by atoms with Crippen molar-refractivity contribution < 1.29 is 4.74 Å². The van der Waals surface area contributed by atoms with E-state index in [9.17, 15) is 0 Å². The van der Waals surface area contributed by atoms with Gasteiger partial charge < -0.3 is 4.74 Å². The van der Waals surface area contributed by atoms with Crippen molar-refractivity contribution in [3.63, 3.8) is 0 Å². The fourth-order valence-corrected chi connectivity index (χ4v) is 6.34. The Hall–Kier alpha value is -3.26. The number of benzene rings is 2. The molecule has 1 aliphatic heterocycles. The van der Waals surface area contributed by atoms with Crippen LogP contribution in [0.2, 0.25) is 0 Å². The van der Waals surface area contributed by atoms with E-state index in [0.717, 1.165) is 72.8 Å². The first-order valence-corrected chi connectivity index (χ1v) is 12.6. The number of H-pyrrole nitrogens is 2. The molecule has 2 aliphatic rings. The molecule has 0 amide bonds. The molecule has 2 aromatic carbocycles. The molecule has 4 heterocycles. The average molecular weight is 468 g/mol. The molecule has 2 N–H and O–H groups in total. The van der Waals surface area contributed by atoms with Crippen LogP contribution >= 0.6 is 11.3 Å². The van der Waals surface area contributed by atoms with E-state index in [4.69, 9.17) is 9.84 Å². The highest BCUT2D eigenvalue weighted by Gasteiger charge is 2.28. The molecule has 0 radical (unpaired) electrons. The van der Waals surface area contributed by atoms with Gasteiger partial charge in [-0.05, 0) is 30.2 Å². The van der Waals surface area contributed by atoms with Gasteiger partial charge in [-0.1, -0.05) is 36.4 Å². The summed E-state index contributed by atoms with van der Waals surface area (Å²) in [6.07, 6.45) is 0.925. The molecule has 1 saturated heterocycles. The van der Waals surface area contributed by atoms with Crippen molar-refractivity contribution in [2.75, 3.05) is 26.3 Å². The molecule has 0 atom stereocenters. The van der Waals surface area contributed by atoms with E-state index < -0.39 is 0 Å². The summed E-state index contributed by atoms with van der Waals surface area (Å²) in [4.78, 5) is 5.19. The molecule has 5 aromatic rings. The first-order valence-electron chi connectivity index (χ1n) is 11.8. The lowest BCUT2D eigenvalue weighted by molar-refractivity contribution is 0.0342. The maximum absolute atomic E-state index is 5.46. The predicted octanol–water partition coefficient (Wildman–Crippen LogP) is 5.39. The van der Waals surface area contributed by atoms with Crippen LogP contribution in [-0.4, -0.2) is 51.6 Å².